The number of unbranched alkanes of at least 4 members (excludes halogenated alkanes) is 6. The Morgan fingerprint density at radius 3 is 2.32 bits per heavy atom. The van der Waals surface area contributed by atoms with Crippen LogP contribution in [0.2, 0.25) is 0 Å². The Balaban J connectivity index is 3.51. The van der Waals surface area contributed by atoms with Crippen LogP contribution in [0, 0.1) is 0 Å². The van der Waals surface area contributed by atoms with E-state index in [1.54, 1.807) is 0 Å². The van der Waals surface area contributed by atoms with Crippen molar-refractivity contribution in [3.63, 3.8) is 0 Å². The first-order chi connectivity index (χ1) is 16.3. The predicted molar refractivity (Wildman–Crippen MR) is 130 cm³/mol. The van der Waals surface area contributed by atoms with Gasteiger partial charge in [-0.25, -0.2) is 8.42 Å². The Bertz CT molecular complexity index is 619. The van der Waals surface area contributed by atoms with E-state index >= 15 is 0 Å². The van der Waals surface area contributed by atoms with Gasteiger partial charge in [0.25, 0.3) is 0 Å². The van der Waals surface area contributed by atoms with Gasteiger partial charge in [0.1, 0.15) is 6.61 Å². The van der Waals surface area contributed by atoms with Crippen molar-refractivity contribution in [2.75, 3.05) is 58.9 Å². The average molecular weight is 512 g/mol. The smallest absolute Gasteiger partial charge is 0.246 e. The first-order valence-electron chi connectivity index (χ1n) is 12.2. The van der Waals surface area contributed by atoms with Crippen LogP contribution < -0.4 is 15.4 Å². The van der Waals surface area contributed by atoms with Crippen molar-refractivity contribution in [3.05, 3.63) is 0 Å². The van der Waals surface area contributed by atoms with Crippen LogP contribution in [0.25, 0.3) is 0 Å². The Labute approximate surface area is 204 Å². The van der Waals surface area contributed by atoms with E-state index in [9.17, 15) is 18.0 Å². The van der Waals surface area contributed by atoms with Crippen LogP contribution in [0.5, 0.6) is 0 Å². The Kier molecular flexibility index (Phi) is 21.3. The summed E-state index contributed by atoms with van der Waals surface area (Å²) < 4.78 is 41.2. The van der Waals surface area contributed by atoms with Crippen LogP contribution in [-0.2, 0) is 33.8 Å². The van der Waals surface area contributed by atoms with Gasteiger partial charge < -0.3 is 30.0 Å². The van der Waals surface area contributed by atoms with Gasteiger partial charge in [-0.1, -0.05) is 39.0 Å². The molecule has 0 aliphatic carbocycles. The summed E-state index contributed by atoms with van der Waals surface area (Å²) in [6.07, 6.45) is 6.63. The third-order valence-corrected chi connectivity index (χ3v) is 6.18. The first kappa shape index (κ1) is 32.7. The highest BCUT2D eigenvalue weighted by Crippen LogP contribution is 2.07. The number of hydrogen-bond acceptors (Lipinski definition) is 9. The third-order valence-electron chi connectivity index (χ3n) is 4.82. The fourth-order valence-corrected chi connectivity index (χ4v) is 4.01. The van der Waals surface area contributed by atoms with Gasteiger partial charge in [-0.2, -0.15) is 0 Å². The molecular formula is C22H45N3O8S. The lowest BCUT2D eigenvalue weighted by Gasteiger charge is -2.10. The minimum Gasteiger partial charge on any atom is -0.378 e. The average Bonchev–Trinajstić information content (AvgIpc) is 2.79. The number of amides is 2. The summed E-state index contributed by atoms with van der Waals surface area (Å²) in [4.78, 5) is 23.2. The van der Waals surface area contributed by atoms with Crippen LogP contribution in [0.1, 0.15) is 64.7 Å². The molecule has 0 aromatic rings. The minimum atomic E-state index is -3.57. The van der Waals surface area contributed by atoms with E-state index in [1.165, 1.54) is 20.0 Å². The van der Waals surface area contributed by atoms with E-state index in [1.807, 2.05) is 0 Å². The van der Waals surface area contributed by atoms with Crippen molar-refractivity contribution in [3.8, 4) is 0 Å². The van der Waals surface area contributed by atoms with Gasteiger partial charge in [0.15, 0.2) is 6.29 Å². The molecule has 34 heavy (non-hydrogen) atoms. The van der Waals surface area contributed by atoms with E-state index in [4.69, 9.17) is 14.6 Å². The maximum absolute atomic E-state index is 12.0. The van der Waals surface area contributed by atoms with Gasteiger partial charge in [0, 0.05) is 20.1 Å². The van der Waals surface area contributed by atoms with E-state index in [0.29, 0.717) is 39.1 Å². The molecule has 0 saturated carbocycles. The molecule has 0 aliphatic rings. The van der Waals surface area contributed by atoms with Crippen LogP contribution >= 0.6 is 0 Å². The van der Waals surface area contributed by atoms with Crippen LogP contribution in [0.3, 0.4) is 0 Å². The molecule has 0 aromatic heterocycles. The molecule has 1 atom stereocenters. The number of rotatable bonds is 24. The topological polar surface area (TPSA) is 152 Å². The second kappa shape index (κ2) is 22.2. The molecular weight excluding hydrogens is 466 g/mol. The van der Waals surface area contributed by atoms with Crippen molar-refractivity contribution < 1.29 is 37.3 Å². The number of carbonyl (C=O) groups excluding carboxylic acids is 2. The van der Waals surface area contributed by atoms with Gasteiger partial charge in [-0.15, -0.1) is 0 Å². The number of hydrogen-bond donors (Lipinski definition) is 4. The molecule has 0 fully saturated rings. The summed E-state index contributed by atoms with van der Waals surface area (Å²) in [5, 5.41) is 14.8. The van der Waals surface area contributed by atoms with Crippen LogP contribution in [0.15, 0.2) is 0 Å². The zero-order valence-electron chi connectivity index (χ0n) is 20.8. The molecule has 0 rings (SSSR count). The highest BCUT2D eigenvalue weighted by atomic mass is 32.2. The number of aliphatic hydroxyl groups is 1. The molecule has 4 N–H and O–H groups in total. The summed E-state index contributed by atoms with van der Waals surface area (Å²) in [5.41, 5.74) is 0. The monoisotopic (exact) mass is 511 g/mol. The molecule has 2 amide bonds. The van der Waals surface area contributed by atoms with Crippen LogP contribution in [0.4, 0.5) is 0 Å². The van der Waals surface area contributed by atoms with Gasteiger partial charge in [-0.05, 0) is 25.8 Å². The number of methoxy groups -OCH3 is 1. The van der Waals surface area contributed by atoms with Crippen molar-refractivity contribution in [2.24, 2.45) is 0 Å². The SMILES string of the molecule is CCCCCCCCC(=O)NS(=O)(=O)CCCCNCCOCCOCC(=O)NCC(O)OC. The molecule has 1 unspecified atom stereocenters. The van der Waals surface area contributed by atoms with Crippen molar-refractivity contribution >= 4 is 21.8 Å². The lowest BCUT2D eigenvalue weighted by Crippen LogP contribution is -2.35. The zero-order chi connectivity index (χ0) is 25.5. The van der Waals surface area contributed by atoms with Gasteiger partial charge in [0.2, 0.25) is 21.8 Å². The normalized spacial score (nSPS) is 12.4. The van der Waals surface area contributed by atoms with Crippen molar-refractivity contribution in [1.29, 1.82) is 0 Å². The fourth-order valence-electron chi connectivity index (χ4n) is 2.87. The molecule has 0 bridgehead atoms. The minimum absolute atomic E-state index is 0.000678. The van der Waals surface area contributed by atoms with E-state index in [2.05, 4.69) is 27.0 Å². The van der Waals surface area contributed by atoms with Gasteiger partial charge >= 0.3 is 0 Å². The fraction of sp³-hybridized carbons (Fsp3) is 0.909. The molecule has 0 aromatic carbocycles. The Hall–Kier alpha value is -1.31. The molecule has 11 nitrogen and oxygen atoms in total. The maximum atomic E-state index is 12.0. The molecule has 0 saturated heterocycles. The number of carbonyl (C=O) groups is 2. The van der Waals surface area contributed by atoms with Gasteiger partial charge in [-0.3, -0.25) is 14.3 Å². The molecule has 12 heteroatoms. The Morgan fingerprint density at radius 1 is 0.882 bits per heavy atom. The maximum Gasteiger partial charge on any atom is 0.246 e. The number of aliphatic hydroxyl groups excluding tert-OH is 1. The summed E-state index contributed by atoms with van der Waals surface area (Å²) >= 11 is 0. The molecule has 0 heterocycles. The lowest BCUT2D eigenvalue weighted by molar-refractivity contribution is -0.129. The zero-order valence-corrected chi connectivity index (χ0v) is 21.6. The molecule has 0 aliphatic heterocycles. The molecule has 0 spiro atoms. The lowest BCUT2D eigenvalue weighted by atomic mass is 10.1. The summed E-state index contributed by atoms with van der Waals surface area (Å²) in [6, 6.07) is 0. The molecule has 202 valence electrons. The predicted octanol–water partition coefficient (Wildman–Crippen LogP) is 0.667. The third kappa shape index (κ3) is 22.5. The van der Waals surface area contributed by atoms with Crippen molar-refractivity contribution in [1.82, 2.24) is 15.4 Å². The highest BCUT2D eigenvalue weighted by molar-refractivity contribution is 7.90. The summed E-state index contributed by atoms with van der Waals surface area (Å²) in [5.74, 6) is -0.833. The molecule has 0 radical (unpaired) electrons. The van der Waals surface area contributed by atoms with Gasteiger partial charge in [0.05, 0.1) is 32.1 Å². The van der Waals surface area contributed by atoms with Crippen molar-refractivity contribution in [2.45, 2.75) is 71.0 Å². The van der Waals surface area contributed by atoms with Crippen LogP contribution in [-0.4, -0.2) is 90.6 Å². The number of sulfonamides is 1. The highest BCUT2D eigenvalue weighted by Gasteiger charge is 2.13. The number of ether oxygens (including phenoxy) is 3. The summed E-state index contributed by atoms with van der Waals surface area (Å²) in [6.45, 7) is 4.35. The van der Waals surface area contributed by atoms with E-state index in [0.717, 1.165) is 25.7 Å². The Morgan fingerprint density at radius 2 is 1.59 bits per heavy atom. The second-order valence-electron chi connectivity index (χ2n) is 7.98. The summed E-state index contributed by atoms with van der Waals surface area (Å²) in [7, 11) is -2.23. The standard InChI is InChI=1S/C22H45N3O8S/c1-3-4-5-6-7-8-11-20(26)25-34(29,30)17-10-9-12-23-13-14-32-15-16-33-19-21(27)24-18-22(28)31-2/h22-23,28H,3-19H2,1-2H3,(H,24,27)(H,25,26). The first-order valence-corrected chi connectivity index (χ1v) is 13.8. The number of nitrogens with one attached hydrogen (secondary N) is 3. The largest absolute Gasteiger partial charge is 0.378 e. The second-order valence-corrected chi connectivity index (χ2v) is 9.82. The van der Waals surface area contributed by atoms with E-state index < -0.39 is 22.2 Å². The van der Waals surface area contributed by atoms with E-state index in [-0.39, 0.29) is 37.8 Å². The quantitative estimate of drug-likeness (QED) is 0.108.